The Morgan fingerprint density at radius 2 is 2.09 bits per heavy atom. The van der Waals surface area contributed by atoms with Crippen LogP contribution in [0.15, 0.2) is 41.7 Å². The van der Waals surface area contributed by atoms with Gasteiger partial charge in [0.1, 0.15) is 5.82 Å². The first-order valence-electron chi connectivity index (χ1n) is 7.86. The molecule has 1 radical (unpaired) electrons. The zero-order chi connectivity index (χ0) is 15.5. The van der Waals surface area contributed by atoms with Crippen molar-refractivity contribution in [3.63, 3.8) is 0 Å². The lowest BCUT2D eigenvalue weighted by Crippen LogP contribution is -2.16. The van der Waals surface area contributed by atoms with E-state index in [2.05, 4.69) is 17.6 Å². The van der Waals surface area contributed by atoms with Crippen molar-refractivity contribution in [3.8, 4) is 0 Å². The summed E-state index contributed by atoms with van der Waals surface area (Å²) in [5.41, 5.74) is 5.10. The van der Waals surface area contributed by atoms with Gasteiger partial charge in [-0.1, -0.05) is 31.1 Å². The molecular weight excluding hydrogens is 295 g/mol. The predicted octanol–water partition coefficient (Wildman–Crippen LogP) is 4.51. The Hall–Kier alpha value is -1.68. The fourth-order valence-electron chi connectivity index (χ4n) is 3.45. The second kappa shape index (κ2) is 6.61. The fourth-order valence-corrected chi connectivity index (χ4v) is 3.62. The molecule has 1 atom stereocenters. The van der Waals surface area contributed by atoms with Gasteiger partial charge in [-0.05, 0) is 67.1 Å². The van der Waals surface area contributed by atoms with Crippen molar-refractivity contribution < 1.29 is 4.39 Å². The minimum Gasteiger partial charge on any atom is -0.336 e. The molecule has 0 aromatic heterocycles. The highest BCUT2D eigenvalue weighted by Crippen LogP contribution is 2.43. The molecular formula is C18H20FN2S. The van der Waals surface area contributed by atoms with E-state index in [9.17, 15) is 4.39 Å². The highest BCUT2D eigenvalue weighted by Gasteiger charge is 2.28. The van der Waals surface area contributed by atoms with Crippen LogP contribution in [0.4, 0.5) is 4.39 Å². The summed E-state index contributed by atoms with van der Waals surface area (Å²) in [6.07, 6.45) is 7.34. The molecule has 1 aliphatic carbocycles. The van der Waals surface area contributed by atoms with Gasteiger partial charge in [0, 0.05) is 6.20 Å². The Kier molecular flexibility index (Phi) is 4.57. The van der Waals surface area contributed by atoms with Gasteiger partial charge in [0.15, 0.2) is 5.11 Å². The van der Waals surface area contributed by atoms with Crippen molar-refractivity contribution >= 4 is 22.9 Å². The average Bonchev–Trinajstić information content (AvgIpc) is 3.08. The molecule has 115 valence electrons. The summed E-state index contributed by atoms with van der Waals surface area (Å²) in [5.74, 6) is 0.267. The number of nitrogens with one attached hydrogen (secondary N) is 1. The van der Waals surface area contributed by atoms with Gasteiger partial charge in [-0.15, -0.1) is 0 Å². The molecule has 1 aromatic carbocycles. The van der Waals surface area contributed by atoms with Gasteiger partial charge in [-0.25, -0.2) is 9.71 Å². The molecule has 1 unspecified atom stereocenters. The van der Waals surface area contributed by atoms with Gasteiger partial charge in [0.25, 0.3) is 0 Å². The molecule has 0 amide bonds. The van der Waals surface area contributed by atoms with Crippen LogP contribution in [0.2, 0.25) is 0 Å². The van der Waals surface area contributed by atoms with Crippen LogP contribution in [0, 0.1) is 11.7 Å². The van der Waals surface area contributed by atoms with Crippen molar-refractivity contribution in [2.45, 2.75) is 39.0 Å². The maximum Gasteiger partial charge on any atom is 0.197 e. The summed E-state index contributed by atoms with van der Waals surface area (Å²) in [4.78, 5) is 0. The molecule has 4 heteroatoms. The Labute approximate surface area is 136 Å². The van der Waals surface area contributed by atoms with Gasteiger partial charge in [0.05, 0.1) is 5.70 Å². The van der Waals surface area contributed by atoms with Gasteiger partial charge < -0.3 is 5.32 Å². The summed E-state index contributed by atoms with van der Waals surface area (Å²) in [6, 6.07) is 6.91. The Morgan fingerprint density at radius 3 is 2.73 bits per heavy atom. The molecule has 0 saturated carbocycles. The third-order valence-electron chi connectivity index (χ3n) is 4.35. The smallest absolute Gasteiger partial charge is 0.197 e. The second-order valence-corrected chi connectivity index (χ2v) is 6.30. The van der Waals surface area contributed by atoms with Gasteiger partial charge in [0.2, 0.25) is 0 Å². The third kappa shape index (κ3) is 3.22. The summed E-state index contributed by atoms with van der Waals surface area (Å²) < 4.78 is 13.2. The van der Waals surface area contributed by atoms with E-state index in [0.29, 0.717) is 11.0 Å². The van der Waals surface area contributed by atoms with Crippen LogP contribution in [0.5, 0.6) is 0 Å². The van der Waals surface area contributed by atoms with Crippen molar-refractivity contribution in [2.24, 2.45) is 5.92 Å². The SMILES string of the molecule is CCCC1=C(c2ccc(F)cc2)C(CC2=CNC(=S)[N]2)CC1. The largest absolute Gasteiger partial charge is 0.336 e. The number of hydrogen-bond donors (Lipinski definition) is 1. The molecule has 2 nitrogen and oxygen atoms in total. The first-order chi connectivity index (χ1) is 10.7. The topological polar surface area (TPSA) is 26.1 Å². The lowest BCUT2D eigenvalue weighted by atomic mass is 9.89. The number of benzene rings is 1. The van der Waals surface area contributed by atoms with E-state index in [0.717, 1.165) is 43.4 Å². The zero-order valence-electron chi connectivity index (χ0n) is 12.7. The van der Waals surface area contributed by atoms with Crippen LogP contribution < -0.4 is 10.6 Å². The minimum atomic E-state index is -0.181. The Balaban J connectivity index is 1.86. The molecule has 1 heterocycles. The molecule has 0 bridgehead atoms. The van der Waals surface area contributed by atoms with E-state index in [-0.39, 0.29) is 5.82 Å². The minimum absolute atomic E-state index is 0.181. The summed E-state index contributed by atoms with van der Waals surface area (Å²) in [5, 5.41) is 7.89. The quantitative estimate of drug-likeness (QED) is 0.809. The van der Waals surface area contributed by atoms with Gasteiger partial charge in [-0.3, -0.25) is 0 Å². The molecule has 2 aliphatic rings. The van der Waals surface area contributed by atoms with E-state index in [1.165, 1.54) is 11.1 Å². The van der Waals surface area contributed by atoms with Crippen LogP contribution in [-0.4, -0.2) is 5.11 Å². The fraction of sp³-hybridized carbons (Fsp3) is 0.389. The lowest BCUT2D eigenvalue weighted by Gasteiger charge is -2.16. The molecule has 22 heavy (non-hydrogen) atoms. The maximum atomic E-state index is 13.2. The Morgan fingerprint density at radius 1 is 1.32 bits per heavy atom. The predicted molar refractivity (Wildman–Crippen MR) is 91.5 cm³/mol. The standard InChI is InChI=1S/C18H20FN2S/c1-2-3-12-4-5-14(10-16-11-20-18(22)21-16)17(12)13-6-8-15(19)9-7-13/h6-9,11,14H,2-5,10H2,1H3,(H,20,22). The number of hydrogen-bond acceptors (Lipinski definition) is 1. The van der Waals surface area contributed by atoms with E-state index >= 15 is 0 Å². The maximum absolute atomic E-state index is 13.2. The second-order valence-electron chi connectivity index (χ2n) is 5.91. The summed E-state index contributed by atoms with van der Waals surface area (Å²) in [7, 11) is 0. The van der Waals surface area contributed by atoms with Gasteiger partial charge in [-0.2, -0.15) is 0 Å². The van der Waals surface area contributed by atoms with Crippen LogP contribution in [0.1, 0.15) is 44.6 Å². The first kappa shape index (κ1) is 15.2. The average molecular weight is 315 g/mol. The van der Waals surface area contributed by atoms with Crippen molar-refractivity contribution in [1.29, 1.82) is 0 Å². The normalized spacial score (nSPS) is 20.9. The van der Waals surface area contributed by atoms with Crippen molar-refractivity contribution in [2.75, 3.05) is 0 Å². The number of nitrogens with zero attached hydrogens (tertiary/aromatic N) is 1. The van der Waals surface area contributed by atoms with E-state index in [4.69, 9.17) is 12.2 Å². The molecule has 0 saturated heterocycles. The van der Waals surface area contributed by atoms with Crippen LogP contribution in [-0.2, 0) is 0 Å². The van der Waals surface area contributed by atoms with Crippen molar-refractivity contribution in [1.82, 2.24) is 10.6 Å². The van der Waals surface area contributed by atoms with E-state index in [1.54, 1.807) is 12.1 Å². The molecule has 1 N–H and O–H groups in total. The number of rotatable bonds is 5. The summed E-state index contributed by atoms with van der Waals surface area (Å²) >= 11 is 5.06. The number of allylic oxidation sites excluding steroid dienone is 3. The lowest BCUT2D eigenvalue weighted by molar-refractivity contribution is 0.620. The molecule has 1 aromatic rings. The van der Waals surface area contributed by atoms with Gasteiger partial charge >= 0.3 is 0 Å². The monoisotopic (exact) mass is 315 g/mol. The number of halogens is 1. The highest BCUT2D eigenvalue weighted by atomic mass is 32.1. The molecule has 0 spiro atoms. The molecule has 0 fully saturated rings. The first-order valence-corrected chi connectivity index (χ1v) is 8.27. The highest BCUT2D eigenvalue weighted by molar-refractivity contribution is 7.80. The van der Waals surface area contributed by atoms with Crippen LogP contribution >= 0.6 is 12.2 Å². The number of thiocarbonyl (C=S) groups is 1. The van der Waals surface area contributed by atoms with E-state index < -0.39 is 0 Å². The van der Waals surface area contributed by atoms with Crippen LogP contribution in [0.3, 0.4) is 0 Å². The zero-order valence-corrected chi connectivity index (χ0v) is 13.5. The Bertz CT molecular complexity index is 631. The molecule has 1 aliphatic heterocycles. The summed E-state index contributed by atoms with van der Waals surface area (Å²) in [6.45, 7) is 2.21. The molecule has 3 rings (SSSR count). The third-order valence-corrected chi connectivity index (χ3v) is 4.56. The van der Waals surface area contributed by atoms with Crippen LogP contribution in [0.25, 0.3) is 5.57 Å². The van der Waals surface area contributed by atoms with Crippen molar-refractivity contribution in [3.05, 3.63) is 53.1 Å². The van der Waals surface area contributed by atoms with E-state index in [1.807, 2.05) is 18.3 Å².